The molecule has 1 aromatic heterocycles. The number of amides is 3. The van der Waals surface area contributed by atoms with Crippen LogP contribution in [0.15, 0.2) is 35.5 Å². The Bertz CT molecular complexity index is 859. The summed E-state index contributed by atoms with van der Waals surface area (Å²) in [5, 5.41) is 14.4. The lowest BCUT2D eigenvalue weighted by atomic mass is 10.2. The predicted octanol–water partition coefficient (Wildman–Crippen LogP) is 3.45. The molecule has 2 N–H and O–H groups in total. The van der Waals surface area contributed by atoms with Gasteiger partial charge in [0.05, 0.1) is 11.8 Å². The lowest BCUT2D eigenvalue weighted by Crippen LogP contribution is -2.45. The normalized spacial score (nSPS) is 17.8. The van der Waals surface area contributed by atoms with Gasteiger partial charge >= 0.3 is 6.03 Å². The summed E-state index contributed by atoms with van der Waals surface area (Å²) in [6, 6.07) is 9.96. The van der Waals surface area contributed by atoms with E-state index in [1.807, 2.05) is 18.2 Å². The van der Waals surface area contributed by atoms with Crippen LogP contribution in [0.3, 0.4) is 0 Å². The van der Waals surface area contributed by atoms with E-state index in [2.05, 4.69) is 37.5 Å². The van der Waals surface area contributed by atoms with Crippen molar-refractivity contribution in [1.29, 1.82) is 0 Å². The van der Waals surface area contributed by atoms with E-state index in [1.165, 1.54) is 17.3 Å². The van der Waals surface area contributed by atoms with Gasteiger partial charge in [0.1, 0.15) is 5.82 Å². The number of thioether (sulfide) groups is 1. The van der Waals surface area contributed by atoms with Gasteiger partial charge in [-0.3, -0.25) is 10.1 Å². The molecule has 0 spiro atoms. The lowest BCUT2D eigenvalue weighted by molar-refractivity contribution is -0.119. The van der Waals surface area contributed by atoms with E-state index in [0.717, 1.165) is 49.5 Å². The van der Waals surface area contributed by atoms with E-state index in [1.54, 1.807) is 6.92 Å². The molecule has 0 saturated heterocycles. The molecule has 29 heavy (non-hydrogen) atoms. The highest BCUT2D eigenvalue weighted by Gasteiger charge is 2.31. The van der Waals surface area contributed by atoms with Crippen molar-refractivity contribution >= 4 is 23.7 Å². The number of carbonyl (C=O) groups excluding carboxylic acids is 2. The van der Waals surface area contributed by atoms with Gasteiger partial charge in [0.25, 0.3) is 0 Å². The summed E-state index contributed by atoms with van der Waals surface area (Å²) in [5.41, 5.74) is 1.17. The van der Waals surface area contributed by atoms with Gasteiger partial charge in [-0.1, -0.05) is 54.9 Å². The van der Waals surface area contributed by atoms with Crippen LogP contribution < -0.4 is 10.6 Å². The van der Waals surface area contributed by atoms with Crippen LogP contribution in [0.2, 0.25) is 0 Å². The molecule has 3 amide bonds. The lowest BCUT2D eigenvalue weighted by Gasteiger charge is -2.15. The van der Waals surface area contributed by atoms with Crippen molar-refractivity contribution in [3.63, 3.8) is 0 Å². The predicted molar refractivity (Wildman–Crippen MR) is 112 cm³/mol. The molecule has 2 aliphatic carbocycles. The SMILES string of the molecule is C[C@H](Sc1nnc(C2CC2)n1Cc1ccccc1)C(=O)NC(=O)NC1CCCC1. The standard InChI is InChI=1S/C21H27N5O2S/c1-14(19(27)23-20(28)22-17-9-5-6-10-17)29-21-25-24-18(16-11-12-16)26(21)13-15-7-3-2-4-8-15/h2-4,7-8,14,16-17H,5-6,9-13H2,1H3,(H2,22,23,27,28)/t14-/m0/s1. The van der Waals surface area contributed by atoms with Crippen LogP contribution in [0.4, 0.5) is 4.79 Å². The Labute approximate surface area is 175 Å². The van der Waals surface area contributed by atoms with Crippen molar-refractivity contribution in [3.05, 3.63) is 41.7 Å². The first kappa shape index (κ1) is 19.9. The maximum absolute atomic E-state index is 12.5. The molecular weight excluding hydrogens is 386 g/mol. The molecule has 2 fully saturated rings. The maximum atomic E-state index is 12.5. The number of imide groups is 1. The van der Waals surface area contributed by atoms with E-state index in [-0.39, 0.29) is 11.9 Å². The fraction of sp³-hybridized carbons (Fsp3) is 0.524. The highest BCUT2D eigenvalue weighted by atomic mass is 32.2. The second-order valence-corrected chi connectivity index (χ2v) is 9.20. The number of aromatic nitrogens is 3. The smallest absolute Gasteiger partial charge is 0.321 e. The van der Waals surface area contributed by atoms with E-state index < -0.39 is 11.3 Å². The van der Waals surface area contributed by atoms with E-state index >= 15 is 0 Å². The quantitative estimate of drug-likeness (QED) is 0.679. The van der Waals surface area contributed by atoms with Crippen molar-refractivity contribution in [2.75, 3.05) is 0 Å². The Morgan fingerprint density at radius 2 is 1.86 bits per heavy atom. The second kappa shape index (κ2) is 8.98. The van der Waals surface area contributed by atoms with E-state index in [9.17, 15) is 9.59 Å². The molecule has 1 atom stereocenters. The Balaban J connectivity index is 1.40. The third-order valence-electron chi connectivity index (χ3n) is 5.45. The molecule has 2 saturated carbocycles. The number of hydrogen-bond donors (Lipinski definition) is 2. The third-order valence-corrected chi connectivity index (χ3v) is 6.53. The first-order chi connectivity index (χ1) is 14.1. The van der Waals surface area contributed by atoms with Gasteiger partial charge in [-0.25, -0.2) is 4.79 Å². The number of nitrogens with one attached hydrogen (secondary N) is 2. The fourth-order valence-corrected chi connectivity index (χ4v) is 4.52. The van der Waals surface area contributed by atoms with Gasteiger partial charge in [-0.15, -0.1) is 10.2 Å². The largest absolute Gasteiger partial charge is 0.335 e. The van der Waals surface area contributed by atoms with Gasteiger partial charge in [0.15, 0.2) is 5.16 Å². The molecule has 2 aromatic rings. The first-order valence-corrected chi connectivity index (χ1v) is 11.2. The molecule has 0 radical (unpaired) electrons. The van der Waals surface area contributed by atoms with Crippen LogP contribution in [0, 0.1) is 0 Å². The average molecular weight is 414 g/mol. The summed E-state index contributed by atoms with van der Waals surface area (Å²) < 4.78 is 2.11. The van der Waals surface area contributed by atoms with Crippen molar-refractivity contribution in [2.24, 2.45) is 0 Å². The number of urea groups is 1. The van der Waals surface area contributed by atoms with Gasteiger partial charge < -0.3 is 9.88 Å². The molecule has 1 heterocycles. The zero-order valence-corrected chi connectivity index (χ0v) is 17.5. The van der Waals surface area contributed by atoms with Gasteiger partial charge in [0.2, 0.25) is 5.91 Å². The number of hydrogen-bond acceptors (Lipinski definition) is 5. The average Bonchev–Trinajstić information content (AvgIpc) is 3.29. The zero-order valence-electron chi connectivity index (χ0n) is 16.6. The summed E-state index contributed by atoms with van der Waals surface area (Å²) in [4.78, 5) is 24.6. The topological polar surface area (TPSA) is 88.9 Å². The minimum Gasteiger partial charge on any atom is -0.335 e. The van der Waals surface area contributed by atoms with Crippen LogP contribution in [0.1, 0.15) is 62.8 Å². The maximum Gasteiger partial charge on any atom is 0.321 e. The number of carbonyl (C=O) groups is 2. The van der Waals surface area contributed by atoms with Crippen LogP contribution in [-0.2, 0) is 11.3 Å². The fourth-order valence-electron chi connectivity index (χ4n) is 3.66. The molecule has 0 unspecified atom stereocenters. The Hall–Kier alpha value is -2.35. The molecular formula is C21H27N5O2S. The van der Waals surface area contributed by atoms with Gasteiger partial charge in [-0.2, -0.15) is 0 Å². The van der Waals surface area contributed by atoms with Crippen molar-refractivity contribution in [2.45, 2.75) is 74.4 Å². The van der Waals surface area contributed by atoms with Crippen molar-refractivity contribution in [3.8, 4) is 0 Å². The summed E-state index contributed by atoms with van der Waals surface area (Å²) in [6.45, 7) is 2.47. The van der Waals surface area contributed by atoms with Crippen molar-refractivity contribution in [1.82, 2.24) is 25.4 Å². The Morgan fingerprint density at radius 3 is 2.55 bits per heavy atom. The minimum absolute atomic E-state index is 0.181. The molecule has 1 aromatic carbocycles. The van der Waals surface area contributed by atoms with E-state index in [4.69, 9.17) is 0 Å². The minimum atomic E-state index is -0.449. The van der Waals surface area contributed by atoms with Crippen molar-refractivity contribution < 1.29 is 9.59 Å². The summed E-state index contributed by atoms with van der Waals surface area (Å²) in [7, 11) is 0. The zero-order chi connectivity index (χ0) is 20.2. The summed E-state index contributed by atoms with van der Waals surface area (Å²) in [5.74, 6) is 1.14. The van der Waals surface area contributed by atoms with Crippen LogP contribution >= 0.6 is 11.8 Å². The van der Waals surface area contributed by atoms with Crippen LogP contribution in [-0.4, -0.2) is 38.0 Å². The Kier molecular flexibility index (Phi) is 6.18. The van der Waals surface area contributed by atoms with Crippen LogP contribution in [0.5, 0.6) is 0 Å². The number of benzene rings is 1. The number of nitrogens with zero attached hydrogens (tertiary/aromatic N) is 3. The van der Waals surface area contributed by atoms with Crippen LogP contribution in [0.25, 0.3) is 0 Å². The first-order valence-electron chi connectivity index (χ1n) is 10.3. The Morgan fingerprint density at radius 1 is 1.14 bits per heavy atom. The molecule has 2 aliphatic rings. The molecule has 8 heteroatoms. The molecule has 0 aliphatic heterocycles. The number of rotatable bonds is 7. The molecule has 0 bridgehead atoms. The van der Waals surface area contributed by atoms with Gasteiger partial charge in [-0.05, 0) is 38.2 Å². The second-order valence-electron chi connectivity index (χ2n) is 7.89. The van der Waals surface area contributed by atoms with E-state index in [0.29, 0.717) is 12.5 Å². The third kappa shape index (κ3) is 5.18. The monoisotopic (exact) mass is 413 g/mol. The summed E-state index contributed by atoms with van der Waals surface area (Å²) >= 11 is 1.35. The molecule has 7 nitrogen and oxygen atoms in total. The highest BCUT2D eigenvalue weighted by molar-refractivity contribution is 8.00. The molecule has 4 rings (SSSR count). The van der Waals surface area contributed by atoms with Gasteiger partial charge in [0, 0.05) is 12.0 Å². The molecule has 154 valence electrons. The summed E-state index contributed by atoms with van der Waals surface area (Å²) in [6.07, 6.45) is 6.50. The highest BCUT2D eigenvalue weighted by Crippen LogP contribution is 2.40.